The van der Waals surface area contributed by atoms with E-state index in [0.29, 0.717) is 10.6 Å². The van der Waals surface area contributed by atoms with E-state index in [4.69, 9.17) is 11.6 Å². The molecule has 0 aromatic carbocycles. The zero-order valence-corrected chi connectivity index (χ0v) is 9.52. The van der Waals surface area contributed by atoms with Crippen molar-refractivity contribution < 1.29 is 5.11 Å². The molecule has 0 spiro atoms. The third-order valence-corrected chi connectivity index (χ3v) is 2.63. The Hall–Kier alpha value is -1.45. The minimum atomic E-state index is -0.761. The molecule has 0 radical (unpaired) electrons. The van der Waals surface area contributed by atoms with Crippen LogP contribution in [0.15, 0.2) is 36.9 Å². The summed E-state index contributed by atoms with van der Waals surface area (Å²) in [4.78, 5) is 7.92. The van der Waals surface area contributed by atoms with Crippen LogP contribution in [0.5, 0.6) is 0 Å². The van der Waals surface area contributed by atoms with Gasteiger partial charge in [0.25, 0.3) is 0 Å². The fourth-order valence-corrected chi connectivity index (χ4v) is 1.74. The first-order chi connectivity index (χ1) is 7.68. The zero-order valence-electron chi connectivity index (χ0n) is 8.76. The van der Waals surface area contributed by atoms with E-state index in [-0.39, 0.29) is 0 Å². The van der Waals surface area contributed by atoms with Crippen LogP contribution in [-0.4, -0.2) is 15.1 Å². The van der Waals surface area contributed by atoms with E-state index in [9.17, 15) is 5.11 Å². The van der Waals surface area contributed by atoms with Crippen molar-refractivity contribution in [1.82, 2.24) is 9.97 Å². The average Bonchev–Trinajstić information content (AvgIpc) is 2.29. The first kappa shape index (κ1) is 11.0. The number of rotatable bonds is 2. The second-order valence-corrected chi connectivity index (χ2v) is 4.00. The number of aryl methyl sites for hydroxylation is 1. The summed E-state index contributed by atoms with van der Waals surface area (Å²) in [5, 5.41) is 10.6. The van der Waals surface area contributed by atoms with E-state index in [2.05, 4.69) is 9.97 Å². The fourth-order valence-electron chi connectivity index (χ4n) is 1.52. The van der Waals surface area contributed by atoms with E-state index >= 15 is 0 Å². The number of aromatic nitrogens is 2. The fraction of sp³-hybridized carbons (Fsp3) is 0.167. The average molecular weight is 235 g/mol. The van der Waals surface area contributed by atoms with Gasteiger partial charge in [0.1, 0.15) is 6.10 Å². The Morgan fingerprint density at radius 1 is 1.25 bits per heavy atom. The summed E-state index contributed by atoms with van der Waals surface area (Å²) in [5.74, 6) is 0. The molecular formula is C12H11ClN2O. The van der Waals surface area contributed by atoms with Gasteiger partial charge in [0.05, 0.1) is 5.02 Å². The van der Waals surface area contributed by atoms with Crippen LogP contribution in [-0.2, 0) is 0 Å². The van der Waals surface area contributed by atoms with Gasteiger partial charge in [-0.1, -0.05) is 17.7 Å². The number of aliphatic hydroxyl groups is 1. The highest BCUT2D eigenvalue weighted by Gasteiger charge is 2.13. The summed E-state index contributed by atoms with van der Waals surface area (Å²) in [5.41, 5.74) is 2.37. The quantitative estimate of drug-likeness (QED) is 0.869. The third kappa shape index (κ3) is 2.21. The molecule has 4 heteroatoms. The predicted octanol–water partition coefficient (Wildman–Crippen LogP) is 2.52. The van der Waals surface area contributed by atoms with E-state index in [0.717, 1.165) is 11.1 Å². The van der Waals surface area contributed by atoms with Gasteiger partial charge in [-0.2, -0.15) is 0 Å². The molecule has 0 fully saturated rings. The molecule has 82 valence electrons. The Bertz CT molecular complexity index is 502. The van der Waals surface area contributed by atoms with E-state index in [1.807, 2.05) is 13.0 Å². The number of hydrogen-bond donors (Lipinski definition) is 1. The highest BCUT2D eigenvalue weighted by Crippen LogP contribution is 2.27. The molecular weight excluding hydrogens is 224 g/mol. The molecule has 0 aliphatic rings. The SMILES string of the molecule is Cc1cncc(C(O)c2ccncc2Cl)c1. The summed E-state index contributed by atoms with van der Waals surface area (Å²) < 4.78 is 0. The van der Waals surface area contributed by atoms with Gasteiger partial charge in [0.15, 0.2) is 0 Å². The first-order valence-electron chi connectivity index (χ1n) is 4.87. The van der Waals surface area contributed by atoms with Crippen molar-refractivity contribution in [3.8, 4) is 0 Å². The van der Waals surface area contributed by atoms with Crippen molar-refractivity contribution in [3.05, 3.63) is 58.6 Å². The normalized spacial score (nSPS) is 12.4. The lowest BCUT2D eigenvalue weighted by molar-refractivity contribution is 0.220. The van der Waals surface area contributed by atoms with Gasteiger partial charge in [0, 0.05) is 35.9 Å². The van der Waals surface area contributed by atoms with Gasteiger partial charge in [-0.3, -0.25) is 9.97 Å². The second kappa shape index (κ2) is 4.60. The summed E-state index contributed by atoms with van der Waals surface area (Å²) in [6.07, 6.45) is 5.73. The standard InChI is InChI=1S/C12H11ClN2O/c1-8-4-9(6-15-5-8)12(16)10-2-3-14-7-11(10)13/h2-7,12,16H,1H3. The van der Waals surface area contributed by atoms with Crippen LogP contribution in [0.4, 0.5) is 0 Å². The van der Waals surface area contributed by atoms with Crippen LogP contribution >= 0.6 is 11.6 Å². The van der Waals surface area contributed by atoms with Gasteiger partial charge in [-0.05, 0) is 18.6 Å². The number of hydrogen-bond acceptors (Lipinski definition) is 3. The molecule has 0 aliphatic carbocycles. The monoisotopic (exact) mass is 234 g/mol. The summed E-state index contributed by atoms with van der Waals surface area (Å²) >= 11 is 5.97. The van der Waals surface area contributed by atoms with Gasteiger partial charge < -0.3 is 5.11 Å². The lowest BCUT2D eigenvalue weighted by Crippen LogP contribution is -2.01. The van der Waals surface area contributed by atoms with Gasteiger partial charge in [-0.15, -0.1) is 0 Å². The highest BCUT2D eigenvalue weighted by molar-refractivity contribution is 6.31. The summed E-state index contributed by atoms with van der Waals surface area (Å²) in [6, 6.07) is 3.59. The Kier molecular flexibility index (Phi) is 3.17. The van der Waals surface area contributed by atoms with E-state index < -0.39 is 6.10 Å². The van der Waals surface area contributed by atoms with Crippen LogP contribution < -0.4 is 0 Å². The topological polar surface area (TPSA) is 46.0 Å². The second-order valence-electron chi connectivity index (χ2n) is 3.60. The van der Waals surface area contributed by atoms with E-state index in [1.54, 1.807) is 24.7 Å². The molecule has 1 unspecified atom stereocenters. The van der Waals surface area contributed by atoms with Crippen molar-refractivity contribution in [2.24, 2.45) is 0 Å². The van der Waals surface area contributed by atoms with Crippen molar-refractivity contribution in [2.45, 2.75) is 13.0 Å². The van der Waals surface area contributed by atoms with Crippen LogP contribution in [0.25, 0.3) is 0 Å². The van der Waals surface area contributed by atoms with Gasteiger partial charge in [-0.25, -0.2) is 0 Å². The number of nitrogens with zero attached hydrogens (tertiary/aromatic N) is 2. The summed E-state index contributed by atoms with van der Waals surface area (Å²) in [7, 11) is 0. The van der Waals surface area contributed by atoms with Crippen molar-refractivity contribution >= 4 is 11.6 Å². The van der Waals surface area contributed by atoms with Crippen molar-refractivity contribution in [3.63, 3.8) is 0 Å². The maximum atomic E-state index is 10.1. The Morgan fingerprint density at radius 2 is 2.06 bits per heavy atom. The lowest BCUT2D eigenvalue weighted by atomic mass is 10.0. The molecule has 2 aromatic rings. The van der Waals surface area contributed by atoms with Crippen molar-refractivity contribution in [1.29, 1.82) is 0 Å². The van der Waals surface area contributed by atoms with Gasteiger partial charge in [0.2, 0.25) is 0 Å². The molecule has 0 bridgehead atoms. The minimum Gasteiger partial charge on any atom is -0.384 e. The van der Waals surface area contributed by atoms with Crippen LogP contribution in [0.3, 0.4) is 0 Å². The molecule has 1 atom stereocenters. The number of aliphatic hydroxyl groups excluding tert-OH is 1. The Labute approximate surface area is 98.8 Å². The Morgan fingerprint density at radius 3 is 2.75 bits per heavy atom. The maximum Gasteiger partial charge on any atom is 0.107 e. The lowest BCUT2D eigenvalue weighted by Gasteiger charge is -2.12. The van der Waals surface area contributed by atoms with Crippen LogP contribution in [0.2, 0.25) is 5.02 Å². The Balaban J connectivity index is 2.39. The molecule has 1 N–H and O–H groups in total. The molecule has 0 amide bonds. The third-order valence-electron chi connectivity index (χ3n) is 2.31. The number of pyridine rings is 2. The molecule has 2 heterocycles. The summed E-state index contributed by atoms with van der Waals surface area (Å²) in [6.45, 7) is 1.93. The molecule has 2 aromatic heterocycles. The molecule has 0 saturated carbocycles. The maximum absolute atomic E-state index is 10.1. The predicted molar refractivity (Wildman–Crippen MR) is 62.3 cm³/mol. The smallest absolute Gasteiger partial charge is 0.107 e. The largest absolute Gasteiger partial charge is 0.384 e. The van der Waals surface area contributed by atoms with Crippen LogP contribution in [0.1, 0.15) is 22.8 Å². The van der Waals surface area contributed by atoms with Gasteiger partial charge >= 0.3 is 0 Å². The molecule has 0 aliphatic heterocycles. The minimum absolute atomic E-state index is 0.455. The number of halogens is 1. The highest BCUT2D eigenvalue weighted by atomic mass is 35.5. The van der Waals surface area contributed by atoms with Crippen molar-refractivity contribution in [2.75, 3.05) is 0 Å². The molecule has 16 heavy (non-hydrogen) atoms. The van der Waals surface area contributed by atoms with Crippen LogP contribution in [0, 0.1) is 6.92 Å². The molecule has 2 rings (SSSR count). The first-order valence-corrected chi connectivity index (χ1v) is 5.25. The molecule has 3 nitrogen and oxygen atoms in total. The van der Waals surface area contributed by atoms with E-state index in [1.165, 1.54) is 6.20 Å². The zero-order chi connectivity index (χ0) is 11.5. The molecule has 0 saturated heterocycles.